The minimum atomic E-state index is -0.173. The number of aromatic nitrogens is 4. The van der Waals surface area contributed by atoms with E-state index in [4.69, 9.17) is 4.74 Å². The molecule has 0 radical (unpaired) electrons. The summed E-state index contributed by atoms with van der Waals surface area (Å²) in [6, 6.07) is 14.7. The molecule has 0 atom stereocenters. The Morgan fingerprint density at radius 3 is 2.62 bits per heavy atom. The van der Waals surface area contributed by atoms with E-state index >= 15 is 0 Å². The number of methoxy groups -OCH3 is 1. The monoisotopic (exact) mass is 434 g/mol. The summed E-state index contributed by atoms with van der Waals surface area (Å²) in [5.74, 6) is 1.53. The Hall–Kier alpha value is -3.75. The molecule has 32 heavy (non-hydrogen) atoms. The van der Waals surface area contributed by atoms with Gasteiger partial charge in [-0.1, -0.05) is 12.1 Å². The van der Waals surface area contributed by atoms with Crippen molar-refractivity contribution in [1.82, 2.24) is 25.3 Å². The Morgan fingerprint density at radius 1 is 1.09 bits per heavy atom. The molecular weight excluding hydrogens is 408 g/mol. The number of carbonyl (C=O) groups excluding carboxylic acids is 1. The normalized spacial score (nSPS) is 14.2. The number of hydrogen-bond donors (Lipinski definition) is 1. The van der Waals surface area contributed by atoms with Crippen molar-refractivity contribution in [2.24, 2.45) is 5.92 Å². The van der Waals surface area contributed by atoms with Crippen LogP contribution in [-0.4, -0.2) is 52.6 Å². The summed E-state index contributed by atoms with van der Waals surface area (Å²) in [4.78, 5) is 26.3. The highest BCUT2D eigenvalue weighted by Gasteiger charge is 2.25. The molecule has 0 unspecified atom stereocenters. The highest BCUT2D eigenvalue weighted by Crippen LogP contribution is 2.29. The number of benzene rings is 1. The highest BCUT2D eigenvalue weighted by atomic mass is 16.5. The predicted molar refractivity (Wildman–Crippen MR) is 120 cm³/mol. The lowest BCUT2D eigenvalue weighted by Gasteiger charge is -2.31. The lowest BCUT2D eigenvalue weighted by molar-refractivity contribution is -0.125. The van der Waals surface area contributed by atoms with Crippen LogP contribution in [-0.2, 0) is 11.3 Å². The second kappa shape index (κ2) is 10.0. The summed E-state index contributed by atoms with van der Waals surface area (Å²) in [5, 5.41) is 15.7. The van der Waals surface area contributed by atoms with E-state index in [1.165, 1.54) is 10.7 Å². The van der Waals surface area contributed by atoms with Crippen LogP contribution in [0.25, 0.3) is 11.3 Å². The minimum absolute atomic E-state index is 0.0197. The zero-order valence-electron chi connectivity index (χ0n) is 18.0. The van der Waals surface area contributed by atoms with Gasteiger partial charge in [0.1, 0.15) is 5.75 Å². The van der Waals surface area contributed by atoms with E-state index < -0.39 is 0 Å². The molecule has 166 valence electrons. The van der Waals surface area contributed by atoms with Crippen LogP contribution in [0.1, 0.15) is 12.8 Å². The lowest BCUT2D eigenvalue weighted by Crippen LogP contribution is -2.42. The Labute approximate surface area is 186 Å². The molecule has 4 rings (SSSR count). The van der Waals surface area contributed by atoms with Crippen LogP contribution < -0.4 is 20.5 Å². The summed E-state index contributed by atoms with van der Waals surface area (Å²) in [5.41, 5.74) is 1.48. The zero-order valence-corrected chi connectivity index (χ0v) is 18.0. The standard InChI is InChI=1S/C23H26N6O3/c1-32-20-6-3-2-5-18(20)19-8-9-21(27-26-19)28-14-10-17(11-15-28)23(31)24-13-16-29-22(30)7-4-12-25-29/h2-9,12,17H,10-11,13-16H2,1H3,(H,24,31). The van der Waals surface area contributed by atoms with Crippen molar-refractivity contribution in [3.8, 4) is 17.0 Å². The molecule has 1 N–H and O–H groups in total. The summed E-state index contributed by atoms with van der Waals surface area (Å²) in [6.07, 6.45) is 3.04. The summed E-state index contributed by atoms with van der Waals surface area (Å²) in [6.45, 7) is 2.21. The number of nitrogens with one attached hydrogen (secondary N) is 1. The quantitative estimate of drug-likeness (QED) is 0.604. The molecular formula is C23H26N6O3. The van der Waals surface area contributed by atoms with Gasteiger partial charge in [0.25, 0.3) is 5.56 Å². The highest BCUT2D eigenvalue weighted by molar-refractivity contribution is 5.79. The summed E-state index contributed by atoms with van der Waals surface area (Å²) in [7, 11) is 1.64. The third kappa shape index (κ3) is 4.93. The second-order valence-electron chi connectivity index (χ2n) is 7.61. The Bertz CT molecular complexity index is 1110. The zero-order chi connectivity index (χ0) is 22.3. The number of amides is 1. The van der Waals surface area contributed by atoms with Crippen LogP contribution in [0.15, 0.2) is 59.5 Å². The predicted octanol–water partition coefficient (Wildman–Crippen LogP) is 1.74. The van der Waals surface area contributed by atoms with E-state index in [9.17, 15) is 9.59 Å². The average molecular weight is 435 g/mol. The molecule has 0 saturated carbocycles. The number of piperidine rings is 1. The first kappa shape index (κ1) is 21.5. The van der Waals surface area contributed by atoms with Gasteiger partial charge in [0, 0.05) is 43.4 Å². The molecule has 1 aliphatic rings. The molecule has 9 heteroatoms. The second-order valence-corrected chi connectivity index (χ2v) is 7.61. The first-order valence-electron chi connectivity index (χ1n) is 10.7. The van der Waals surface area contributed by atoms with Crippen LogP contribution in [0.3, 0.4) is 0 Å². The van der Waals surface area contributed by atoms with Gasteiger partial charge in [0.2, 0.25) is 5.91 Å². The van der Waals surface area contributed by atoms with Gasteiger partial charge in [-0.15, -0.1) is 10.2 Å². The van der Waals surface area contributed by atoms with Crippen molar-refractivity contribution in [2.75, 3.05) is 31.6 Å². The molecule has 1 fully saturated rings. The van der Waals surface area contributed by atoms with Crippen molar-refractivity contribution in [1.29, 1.82) is 0 Å². The van der Waals surface area contributed by atoms with E-state index in [1.54, 1.807) is 19.4 Å². The van der Waals surface area contributed by atoms with Gasteiger partial charge < -0.3 is 15.0 Å². The number of nitrogens with zero attached hydrogens (tertiary/aromatic N) is 5. The van der Waals surface area contributed by atoms with Gasteiger partial charge >= 0.3 is 0 Å². The van der Waals surface area contributed by atoms with E-state index in [0.717, 1.165) is 48.8 Å². The Balaban J connectivity index is 1.28. The van der Waals surface area contributed by atoms with Gasteiger partial charge in [0.15, 0.2) is 5.82 Å². The van der Waals surface area contributed by atoms with Gasteiger partial charge in [-0.3, -0.25) is 9.59 Å². The molecule has 1 aromatic carbocycles. The van der Waals surface area contributed by atoms with Crippen molar-refractivity contribution in [2.45, 2.75) is 19.4 Å². The third-order valence-corrected chi connectivity index (χ3v) is 5.63. The number of carbonyl (C=O) groups is 1. The number of hydrogen-bond acceptors (Lipinski definition) is 7. The van der Waals surface area contributed by atoms with Crippen molar-refractivity contribution in [3.63, 3.8) is 0 Å². The minimum Gasteiger partial charge on any atom is -0.496 e. The van der Waals surface area contributed by atoms with E-state index in [-0.39, 0.29) is 17.4 Å². The molecule has 3 heterocycles. The van der Waals surface area contributed by atoms with Crippen LogP contribution in [0, 0.1) is 5.92 Å². The number of anilines is 1. The van der Waals surface area contributed by atoms with E-state index in [0.29, 0.717) is 13.1 Å². The Morgan fingerprint density at radius 2 is 1.91 bits per heavy atom. The molecule has 0 spiro atoms. The van der Waals surface area contributed by atoms with Gasteiger partial charge in [0.05, 0.1) is 19.3 Å². The third-order valence-electron chi connectivity index (χ3n) is 5.63. The van der Waals surface area contributed by atoms with Crippen molar-refractivity contribution < 1.29 is 9.53 Å². The molecule has 0 bridgehead atoms. The smallest absolute Gasteiger partial charge is 0.266 e. The first-order chi connectivity index (χ1) is 15.7. The van der Waals surface area contributed by atoms with E-state index in [1.807, 2.05) is 36.4 Å². The van der Waals surface area contributed by atoms with Gasteiger partial charge in [-0.05, 0) is 43.2 Å². The molecule has 1 saturated heterocycles. The van der Waals surface area contributed by atoms with Crippen LogP contribution >= 0.6 is 0 Å². The van der Waals surface area contributed by atoms with Gasteiger partial charge in [-0.2, -0.15) is 5.10 Å². The van der Waals surface area contributed by atoms with Crippen molar-refractivity contribution >= 4 is 11.7 Å². The topological polar surface area (TPSA) is 102 Å². The number of rotatable bonds is 7. The summed E-state index contributed by atoms with van der Waals surface area (Å²) < 4.78 is 6.75. The van der Waals surface area contributed by atoms with Crippen molar-refractivity contribution in [3.05, 3.63) is 65.1 Å². The summed E-state index contributed by atoms with van der Waals surface area (Å²) >= 11 is 0. The van der Waals surface area contributed by atoms with Gasteiger partial charge in [-0.25, -0.2) is 4.68 Å². The average Bonchev–Trinajstić information content (AvgIpc) is 2.85. The molecule has 0 aliphatic carbocycles. The number of ether oxygens (including phenoxy) is 1. The fraction of sp³-hybridized carbons (Fsp3) is 0.348. The molecule has 1 aliphatic heterocycles. The maximum atomic E-state index is 12.5. The molecule has 1 amide bonds. The molecule has 9 nitrogen and oxygen atoms in total. The fourth-order valence-electron chi connectivity index (χ4n) is 3.85. The van der Waals surface area contributed by atoms with E-state index in [2.05, 4.69) is 25.5 Å². The van der Waals surface area contributed by atoms with Crippen LogP contribution in [0.4, 0.5) is 5.82 Å². The maximum absolute atomic E-state index is 12.5. The lowest BCUT2D eigenvalue weighted by atomic mass is 9.96. The maximum Gasteiger partial charge on any atom is 0.266 e. The molecule has 2 aromatic heterocycles. The largest absolute Gasteiger partial charge is 0.496 e. The number of para-hydroxylation sites is 1. The van der Waals surface area contributed by atoms with Crippen LogP contribution in [0.2, 0.25) is 0 Å². The SMILES string of the molecule is COc1ccccc1-c1ccc(N2CCC(C(=O)NCCn3ncccc3=O)CC2)nn1. The first-order valence-corrected chi connectivity index (χ1v) is 10.7. The fourth-order valence-corrected chi connectivity index (χ4v) is 3.85. The Kier molecular flexibility index (Phi) is 6.74. The van der Waals surface area contributed by atoms with Crippen LogP contribution in [0.5, 0.6) is 5.75 Å². The molecule has 3 aromatic rings.